The molecular weight excluding hydrogens is 222 g/mol. The van der Waals surface area contributed by atoms with Gasteiger partial charge in [0.25, 0.3) is 0 Å². The van der Waals surface area contributed by atoms with Crippen LogP contribution in [0.25, 0.3) is 0 Å². The first-order valence-electron chi connectivity index (χ1n) is 5.51. The minimum atomic E-state index is 0. The van der Waals surface area contributed by atoms with Gasteiger partial charge in [-0.25, -0.2) is 0 Å². The van der Waals surface area contributed by atoms with Crippen molar-refractivity contribution in [1.29, 1.82) is 0 Å². The van der Waals surface area contributed by atoms with Gasteiger partial charge in [-0.05, 0) is 17.0 Å². The zero-order valence-electron chi connectivity index (χ0n) is 10.1. The molecule has 0 aromatic heterocycles. The van der Waals surface area contributed by atoms with Gasteiger partial charge < -0.3 is 10.5 Å². The molecule has 1 aromatic carbocycles. The van der Waals surface area contributed by atoms with Gasteiger partial charge in [0.2, 0.25) is 0 Å². The number of hydrogen-bond acceptors (Lipinski definition) is 2. The summed E-state index contributed by atoms with van der Waals surface area (Å²) >= 11 is 0. The molecule has 90 valence electrons. The van der Waals surface area contributed by atoms with Crippen molar-refractivity contribution in [2.75, 3.05) is 6.61 Å². The smallest absolute Gasteiger partial charge is 0.124 e. The van der Waals surface area contributed by atoms with E-state index in [1.54, 1.807) is 0 Å². The zero-order valence-corrected chi connectivity index (χ0v) is 10.9. The van der Waals surface area contributed by atoms with E-state index < -0.39 is 0 Å². The monoisotopic (exact) mass is 241 g/mol. The Morgan fingerprint density at radius 3 is 2.62 bits per heavy atom. The third-order valence-corrected chi connectivity index (χ3v) is 2.96. The number of benzene rings is 1. The van der Waals surface area contributed by atoms with Crippen molar-refractivity contribution in [3.63, 3.8) is 0 Å². The molecule has 1 atom stereocenters. The normalized spacial score (nSPS) is 19.4. The number of hydrogen-bond donors (Lipinski definition) is 1. The van der Waals surface area contributed by atoms with E-state index in [-0.39, 0.29) is 23.9 Å². The average Bonchev–Trinajstić information content (AvgIpc) is 2.16. The van der Waals surface area contributed by atoms with Crippen LogP contribution < -0.4 is 10.5 Å². The lowest BCUT2D eigenvalue weighted by molar-refractivity contribution is 0.268. The van der Waals surface area contributed by atoms with Crippen molar-refractivity contribution < 1.29 is 4.74 Å². The molecule has 0 spiro atoms. The molecule has 0 bridgehead atoms. The molecule has 16 heavy (non-hydrogen) atoms. The van der Waals surface area contributed by atoms with Gasteiger partial charge in [-0.15, -0.1) is 12.4 Å². The summed E-state index contributed by atoms with van der Waals surface area (Å²) in [6.45, 7) is 7.38. The van der Waals surface area contributed by atoms with Gasteiger partial charge in [0.1, 0.15) is 5.75 Å². The molecule has 0 unspecified atom stereocenters. The molecule has 2 N–H and O–H groups in total. The van der Waals surface area contributed by atoms with Gasteiger partial charge in [-0.3, -0.25) is 0 Å². The second kappa shape index (κ2) is 4.64. The third kappa shape index (κ3) is 2.50. The summed E-state index contributed by atoms with van der Waals surface area (Å²) in [5.41, 5.74) is 8.73. The summed E-state index contributed by atoms with van der Waals surface area (Å²) in [7, 11) is 0. The summed E-state index contributed by atoms with van der Waals surface area (Å²) in [5, 5.41) is 0. The van der Waals surface area contributed by atoms with Crippen LogP contribution in [0.4, 0.5) is 0 Å². The van der Waals surface area contributed by atoms with Crippen molar-refractivity contribution in [2.45, 2.75) is 38.6 Å². The minimum Gasteiger partial charge on any atom is -0.493 e. The molecule has 3 heteroatoms. The van der Waals surface area contributed by atoms with Gasteiger partial charge in [0.15, 0.2) is 0 Å². The topological polar surface area (TPSA) is 35.2 Å². The molecule has 0 saturated heterocycles. The van der Waals surface area contributed by atoms with Gasteiger partial charge >= 0.3 is 0 Å². The maximum atomic E-state index is 6.08. The lowest BCUT2D eigenvalue weighted by Crippen LogP contribution is -2.22. The van der Waals surface area contributed by atoms with E-state index in [0.717, 1.165) is 24.3 Å². The summed E-state index contributed by atoms with van der Waals surface area (Å²) in [5.74, 6) is 0.960. The Hall–Kier alpha value is -0.730. The van der Waals surface area contributed by atoms with Crippen molar-refractivity contribution in [2.24, 2.45) is 5.73 Å². The van der Waals surface area contributed by atoms with Crippen LogP contribution in [-0.4, -0.2) is 6.61 Å². The highest BCUT2D eigenvalue weighted by Crippen LogP contribution is 2.34. The minimum absolute atomic E-state index is 0. The maximum Gasteiger partial charge on any atom is 0.124 e. The van der Waals surface area contributed by atoms with E-state index >= 15 is 0 Å². The second-order valence-corrected chi connectivity index (χ2v) is 5.25. The zero-order chi connectivity index (χ0) is 11.1. The van der Waals surface area contributed by atoms with Crippen molar-refractivity contribution >= 4 is 12.4 Å². The van der Waals surface area contributed by atoms with Gasteiger partial charge in [0.05, 0.1) is 6.61 Å². The molecule has 0 fully saturated rings. The molecule has 1 aliphatic rings. The molecule has 1 aromatic rings. The summed E-state index contributed by atoms with van der Waals surface area (Å²) in [4.78, 5) is 0. The van der Waals surface area contributed by atoms with E-state index in [1.807, 2.05) is 0 Å². The van der Waals surface area contributed by atoms with Crippen molar-refractivity contribution in [1.82, 2.24) is 0 Å². The van der Waals surface area contributed by atoms with Crippen LogP contribution in [0.1, 0.15) is 44.4 Å². The molecule has 1 aliphatic heterocycles. The molecule has 1 heterocycles. The lowest BCUT2D eigenvalue weighted by atomic mass is 9.84. The molecule has 0 saturated carbocycles. The van der Waals surface area contributed by atoms with Crippen LogP contribution >= 0.6 is 12.4 Å². The number of ether oxygens (including phenoxy) is 1. The fourth-order valence-corrected chi connectivity index (χ4v) is 1.89. The molecule has 2 nitrogen and oxygen atoms in total. The fraction of sp³-hybridized carbons (Fsp3) is 0.538. The highest BCUT2D eigenvalue weighted by Gasteiger charge is 2.21. The largest absolute Gasteiger partial charge is 0.493 e. The van der Waals surface area contributed by atoms with Crippen LogP contribution in [0.2, 0.25) is 0 Å². The molecule has 0 amide bonds. The first-order valence-corrected chi connectivity index (χ1v) is 5.51. The Balaban J connectivity index is 0.00000128. The third-order valence-electron chi connectivity index (χ3n) is 2.96. The van der Waals surface area contributed by atoms with Gasteiger partial charge in [-0.2, -0.15) is 0 Å². The van der Waals surface area contributed by atoms with Crippen LogP contribution in [-0.2, 0) is 5.41 Å². The average molecular weight is 242 g/mol. The highest BCUT2D eigenvalue weighted by atomic mass is 35.5. The van der Waals surface area contributed by atoms with Crippen LogP contribution in [0.3, 0.4) is 0 Å². The van der Waals surface area contributed by atoms with Crippen LogP contribution in [0, 0.1) is 0 Å². The fourth-order valence-electron chi connectivity index (χ4n) is 1.89. The Kier molecular flexibility index (Phi) is 3.87. The Bertz CT molecular complexity index is 371. The maximum absolute atomic E-state index is 6.08. The van der Waals surface area contributed by atoms with Crippen LogP contribution in [0.15, 0.2) is 18.2 Å². The quantitative estimate of drug-likeness (QED) is 0.757. The number of halogens is 1. The SMILES string of the molecule is CC(C)(C)c1ccc2c(c1)[C@@H](N)CCO2.Cl. The molecular formula is C13H20ClNO. The Morgan fingerprint density at radius 2 is 2.00 bits per heavy atom. The summed E-state index contributed by atoms with van der Waals surface area (Å²) in [6.07, 6.45) is 0.917. The molecule has 2 rings (SSSR count). The number of rotatable bonds is 0. The van der Waals surface area contributed by atoms with Crippen LogP contribution in [0.5, 0.6) is 5.75 Å². The highest BCUT2D eigenvalue weighted by molar-refractivity contribution is 5.85. The van der Waals surface area contributed by atoms with E-state index in [9.17, 15) is 0 Å². The molecule has 0 radical (unpaired) electrons. The standard InChI is InChI=1S/C13H19NO.ClH/c1-13(2,3)9-4-5-12-10(8-9)11(14)6-7-15-12;/h4-5,8,11H,6-7,14H2,1-3H3;1H/t11-;/m0./s1. The Morgan fingerprint density at radius 1 is 1.31 bits per heavy atom. The summed E-state index contributed by atoms with van der Waals surface area (Å²) in [6, 6.07) is 6.52. The van der Waals surface area contributed by atoms with E-state index in [1.165, 1.54) is 5.56 Å². The predicted molar refractivity (Wildman–Crippen MR) is 69.4 cm³/mol. The summed E-state index contributed by atoms with van der Waals surface area (Å²) < 4.78 is 5.58. The number of fused-ring (bicyclic) bond motifs is 1. The predicted octanol–water partition coefficient (Wildman–Crippen LogP) is 3.19. The van der Waals surface area contributed by atoms with E-state index in [0.29, 0.717) is 0 Å². The van der Waals surface area contributed by atoms with E-state index in [2.05, 4.69) is 39.0 Å². The van der Waals surface area contributed by atoms with Gasteiger partial charge in [0, 0.05) is 18.0 Å². The first-order chi connectivity index (χ1) is 6.98. The van der Waals surface area contributed by atoms with E-state index in [4.69, 9.17) is 10.5 Å². The molecule has 0 aliphatic carbocycles. The van der Waals surface area contributed by atoms with Gasteiger partial charge in [-0.1, -0.05) is 32.9 Å². The first kappa shape index (κ1) is 13.3. The lowest BCUT2D eigenvalue weighted by Gasteiger charge is -2.26. The number of nitrogens with two attached hydrogens (primary N) is 1. The second-order valence-electron chi connectivity index (χ2n) is 5.25. The Labute approximate surface area is 104 Å². The van der Waals surface area contributed by atoms with Crippen molar-refractivity contribution in [3.05, 3.63) is 29.3 Å². The van der Waals surface area contributed by atoms with Crippen molar-refractivity contribution in [3.8, 4) is 5.75 Å².